The molecule has 0 aliphatic carbocycles. The highest BCUT2D eigenvalue weighted by molar-refractivity contribution is 6.00. The molecule has 1 aromatic carbocycles. The zero-order valence-corrected chi connectivity index (χ0v) is 17.2. The summed E-state index contributed by atoms with van der Waals surface area (Å²) >= 11 is 0. The number of hydrogen-bond acceptors (Lipinski definition) is 7. The number of carbonyl (C=O) groups excluding carboxylic acids is 2. The summed E-state index contributed by atoms with van der Waals surface area (Å²) in [6.45, 7) is 2.68. The van der Waals surface area contributed by atoms with E-state index in [2.05, 4.69) is 25.2 Å². The predicted molar refractivity (Wildman–Crippen MR) is 113 cm³/mol. The maximum atomic E-state index is 13.2. The molecule has 2 saturated heterocycles. The molecule has 2 aliphatic heterocycles. The highest BCUT2D eigenvalue weighted by atomic mass is 19.1. The molecule has 164 valence electrons. The summed E-state index contributed by atoms with van der Waals surface area (Å²) in [7, 11) is 0. The van der Waals surface area contributed by atoms with Gasteiger partial charge in [-0.2, -0.15) is 5.10 Å². The first-order valence-electron chi connectivity index (χ1n) is 10.4. The zero-order chi connectivity index (χ0) is 22.1. The van der Waals surface area contributed by atoms with Gasteiger partial charge in [0.25, 0.3) is 0 Å². The average molecular weight is 436 g/mol. The maximum absolute atomic E-state index is 13.2. The van der Waals surface area contributed by atoms with Crippen molar-refractivity contribution in [3.8, 4) is 5.82 Å². The van der Waals surface area contributed by atoms with Gasteiger partial charge in [-0.1, -0.05) is 0 Å². The molecule has 5 rings (SSSR count). The van der Waals surface area contributed by atoms with Crippen LogP contribution >= 0.6 is 0 Å². The number of anilines is 2. The van der Waals surface area contributed by atoms with Crippen LogP contribution in [-0.2, 0) is 9.59 Å². The molecule has 2 aliphatic rings. The molecule has 0 N–H and O–H groups in total. The fourth-order valence-corrected chi connectivity index (χ4v) is 4.09. The van der Waals surface area contributed by atoms with E-state index in [1.165, 1.54) is 23.1 Å². The summed E-state index contributed by atoms with van der Waals surface area (Å²) in [6.07, 6.45) is 3.16. The number of hydrogen-bond donors (Lipinski definition) is 0. The quantitative estimate of drug-likeness (QED) is 0.599. The zero-order valence-electron chi connectivity index (χ0n) is 17.2. The Morgan fingerprint density at radius 1 is 0.969 bits per heavy atom. The summed E-state index contributed by atoms with van der Waals surface area (Å²) in [5.74, 6) is 0.437. The first-order valence-corrected chi connectivity index (χ1v) is 10.4. The Labute approximate surface area is 183 Å². The van der Waals surface area contributed by atoms with Crippen molar-refractivity contribution in [3.05, 3.63) is 54.9 Å². The van der Waals surface area contributed by atoms with Crippen LogP contribution in [0.2, 0.25) is 0 Å². The maximum Gasteiger partial charge on any atom is 0.228 e. The Hall–Kier alpha value is -3.89. The van der Waals surface area contributed by atoms with Gasteiger partial charge in [-0.3, -0.25) is 9.59 Å². The normalized spacial score (nSPS) is 19.0. The fourth-order valence-electron chi connectivity index (χ4n) is 4.09. The number of nitrogens with zero attached hydrogens (tertiary/aromatic N) is 8. The molecule has 1 atom stereocenters. The lowest BCUT2D eigenvalue weighted by atomic mass is 10.1. The second-order valence-electron chi connectivity index (χ2n) is 7.78. The number of benzene rings is 1. The second-order valence-corrected chi connectivity index (χ2v) is 7.78. The van der Waals surface area contributed by atoms with Crippen LogP contribution in [-0.4, -0.2) is 74.4 Å². The van der Waals surface area contributed by atoms with Gasteiger partial charge in [-0.25, -0.2) is 14.1 Å². The summed E-state index contributed by atoms with van der Waals surface area (Å²) < 4.78 is 14.7. The van der Waals surface area contributed by atoms with Crippen molar-refractivity contribution < 1.29 is 14.0 Å². The number of aromatic nitrogens is 5. The Morgan fingerprint density at radius 3 is 2.34 bits per heavy atom. The van der Waals surface area contributed by atoms with E-state index in [0.717, 1.165) is 5.82 Å². The summed E-state index contributed by atoms with van der Waals surface area (Å²) in [5.41, 5.74) is 0.615. The van der Waals surface area contributed by atoms with E-state index in [1.54, 1.807) is 28.3 Å². The smallest absolute Gasteiger partial charge is 0.228 e. The molecule has 0 spiro atoms. The van der Waals surface area contributed by atoms with Gasteiger partial charge in [0.1, 0.15) is 18.5 Å². The summed E-state index contributed by atoms with van der Waals surface area (Å²) in [5, 5.41) is 12.5. The minimum Gasteiger partial charge on any atom is -0.352 e. The van der Waals surface area contributed by atoms with Gasteiger partial charge in [0.15, 0.2) is 11.6 Å². The standard InChI is InChI=1S/C21H21FN8O2/c22-16-1-3-17(4-2-16)29-12-15(11-20(29)31)21(32)28-9-7-27(8-10-28)18-5-6-19(26-25-18)30-14-23-13-24-30/h1-6,13-15H,7-12H2. The molecule has 2 aromatic heterocycles. The molecular weight excluding hydrogens is 415 g/mol. The molecule has 2 fully saturated rings. The van der Waals surface area contributed by atoms with Gasteiger partial charge >= 0.3 is 0 Å². The van der Waals surface area contributed by atoms with Crippen LogP contribution in [0.4, 0.5) is 15.9 Å². The van der Waals surface area contributed by atoms with E-state index >= 15 is 0 Å². The van der Waals surface area contributed by atoms with Crippen molar-refractivity contribution in [3.63, 3.8) is 0 Å². The molecule has 10 nitrogen and oxygen atoms in total. The SMILES string of the molecule is O=C(C1CC(=O)N(c2ccc(F)cc2)C1)N1CCN(c2ccc(-n3cncn3)nn2)CC1. The molecule has 4 heterocycles. The molecule has 32 heavy (non-hydrogen) atoms. The van der Waals surface area contributed by atoms with E-state index in [0.29, 0.717) is 44.2 Å². The highest BCUT2D eigenvalue weighted by Crippen LogP contribution is 2.27. The van der Waals surface area contributed by atoms with Crippen molar-refractivity contribution in [2.45, 2.75) is 6.42 Å². The summed E-state index contributed by atoms with van der Waals surface area (Å²) in [6, 6.07) is 9.46. The van der Waals surface area contributed by atoms with Crippen molar-refractivity contribution in [1.29, 1.82) is 0 Å². The van der Waals surface area contributed by atoms with Gasteiger partial charge in [-0.15, -0.1) is 10.2 Å². The van der Waals surface area contributed by atoms with E-state index < -0.39 is 0 Å². The number of piperazine rings is 1. The Morgan fingerprint density at radius 2 is 1.69 bits per heavy atom. The van der Waals surface area contributed by atoms with Crippen LogP contribution in [0.25, 0.3) is 5.82 Å². The molecule has 0 saturated carbocycles. The third-order valence-electron chi connectivity index (χ3n) is 5.82. The summed E-state index contributed by atoms with van der Waals surface area (Å²) in [4.78, 5) is 34.8. The number of halogens is 1. The Bertz CT molecular complexity index is 1100. The highest BCUT2D eigenvalue weighted by Gasteiger charge is 2.38. The molecule has 2 amide bonds. The lowest BCUT2D eigenvalue weighted by Crippen LogP contribution is -2.51. The Balaban J connectivity index is 1.18. The van der Waals surface area contributed by atoms with Crippen LogP contribution in [0.3, 0.4) is 0 Å². The molecule has 0 radical (unpaired) electrons. The minimum atomic E-state index is -0.388. The van der Waals surface area contributed by atoms with Crippen molar-refractivity contribution in [2.24, 2.45) is 5.92 Å². The molecule has 1 unspecified atom stereocenters. The number of rotatable bonds is 4. The lowest BCUT2D eigenvalue weighted by molar-refractivity contribution is -0.136. The molecule has 0 bridgehead atoms. The van der Waals surface area contributed by atoms with Gasteiger partial charge in [0.05, 0.1) is 5.92 Å². The van der Waals surface area contributed by atoms with Gasteiger partial charge < -0.3 is 14.7 Å². The fraction of sp³-hybridized carbons (Fsp3) is 0.333. The molecule has 11 heteroatoms. The first kappa shape index (κ1) is 20.0. The van der Waals surface area contributed by atoms with Crippen molar-refractivity contribution in [2.75, 3.05) is 42.5 Å². The van der Waals surface area contributed by atoms with Crippen LogP contribution in [0, 0.1) is 11.7 Å². The monoisotopic (exact) mass is 436 g/mol. The topological polar surface area (TPSA) is 100 Å². The van der Waals surface area contributed by atoms with Gasteiger partial charge in [-0.05, 0) is 36.4 Å². The Kier molecular flexibility index (Phi) is 5.21. The van der Waals surface area contributed by atoms with Crippen molar-refractivity contribution >= 4 is 23.3 Å². The van der Waals surface area contributed by atoms with Crippen LogP contribution in [0.5, 0.6) is 0 Å². The van der Waals surface area contributed by atoms with E-state index in [1.807, 2.05) is 12.1 Å². The molecule has 3 aromatic rings. The van der Waals surface area contributed by atoms with Crippen LogP contribution in [0.15, 0.2) is 49.1 Å². The number of amides is 2. The first-order chi connectivity index (χ1) is 15.6. The third kappa shape index (κ3) is 3.88. The average Bonchev–Trinajstić information content (AvgIpc) is 3.50. The molecular formula is C21H21FN8O2. The second kappa shape index (κ2) is 8.33. The lowest BCUT2D eigenvalue weighted by Gasteiger charge is -2.36. The largest absolute Gasteiger partial charge is 0.352 e. The minimum absolute atomic E-state index is 0.0183. The predicted octanol–water partition coefficient (Wildman–Crippen LogP) is 0.898. The van der Waals surface area contributed by atoms with Crippen LogP contribution in [0.1, 0.15) is 6.42 Å². The van der Waals surface area contributed by atoms with Crippen LogP contribution < -0.4 is 9.80 Å². The van der Waals surface area contributed by atoms with E-state index in [-0.39, 0.29) is 30.0 Å². The van der Waals surface area contributed by atoms with Gasteiger partial charge in [0.2, 0.25) is 11.8 Å². The third-order valence-corrected chi connectivity index (χ3v) is 5.82. The number of carbonyl (C=O) groups is 2. The van der Waals surface area contributed by atoms with Crippen molar-refractivity contribution in [1.82, 2.24) is 29.9 Å². The van der Waals surface area contributed by atoms with Gasteiger partial charge in [0, 0.05) is 44.8 Å². The van der Waals surface area contributed by atoms with E-state index in [4.69, 9.17) is 0 Å². The van der Waals surface area contributed by atoms with E-state index in [9.17, 15) is 14.0 Å².